The number of anilines is 1. The Bertz CT molecular complexity index is 537. The molecule has 0 bridgehead atoms. The molecule has 1 aromatic heterocycles. The molecule has 0 aliphatic carbocycles. The molecule has 0 aliphatic heterocycles. The number of nitrogens with zero attached hydrogens (tertiary/aromatic N) is 2. The average Bonchev–Trinajstić information content (AvgIpc) is 2.59. The summed E-state index contributed by atoms with van der Waals surface area (Å²) in [6, 6.07) is 5.91. The van der Waals surface area contributed by atoms with Crippen molar-refractivity contribution < 1.29 is 0 Å². The number of hydrogen-bond donors (Lipinski definition) is 1. The summed E-state index contributed by atoms with van der Waals surface area (Å²) in [4.78, 5) is 0. The highest BCUT2D eigenvalue weighted by Crippen LogP contribution is 2.23. The van der Waals surface area contributed by atoms with Gasteiger partial charge in [0.25, 0.3) is 0 Å². The Hall–Kier alpha value is -1.000. The van der Waals surface area contributed by atoms with E-state index in [4.69, 9.17) is 11.6 Å². The molecule has 1 heterocycles. The quantitative estimate of drug-likeness (QED) is 0.935. The molecule has 0 fully saturated rings. The molecule has 1 N–H and O–H groups in total. The second-order valence-electron chi connectivity index (χ2n) is 3.90. The maximum absolute atomic E-state index is 5.95. The molecule has 0 spiro atoms. The molecule has 90 valence electrons. The highest BCUT2D eigenvalue weighted by atomic mass is 79.9. The number of hydrogen-bond acceptors (Lipinski definition) is 2. The summed E-state index contributed by atoms with van der Waals surface area (Å²) >= 11 is 9.36. The zero-order chi connectivity index (χ0) is 12.4. The topological polar surface area (TPSA) is 29.9 Å². The zero-order valence-corrected chi connectivity index (χ0v) is 12.0. The van der Waals surface area contributed by atoms with Crippen LogP contribution in [0.4, 0.5) is 5.69 Å². The molecule has 0 saturated carbocycles. The van der Waals surface area contributed by atoms with E-state index in [1.807, 2.05) is 38.4 Å². The predicted octanol–water partition coefficient (Wildman–Crippen LogP) is 3.76. The number of nitrogens with one attached hydrogen (secondary N) is 1. The van der Waals surface area contributed by atoms with Crippen LogP contribution in [0.25, 0.3) is 0 Å². The van der Waals surface area contributed by atoms with Gasteiger partial charge in [0.2, 0.25) is 0 Å². The van der Waals surface area contributed by atoms with E-state index in [9.17, 15) is 0 Å². The van der Waals surface area contributed by atoms with Gasteiger partial charge in [-0.3, -0.25) is 4.68 Å². The average molecular weight is 315 g/mol. The Morgan fingerprint density at radius 1 is 1.47 bits per heavy atom. The Kier molecular flexibility index (Phi) is 3.74. The second kappa shape index (κ2) is 5.10. The summed E-state index contributed by atoms with van der Waals surface area (Å²) < 4.78 is 2.72. The molecular formula is C12H13BrClN3. The fraction of sp³-hybridized carbons (Fsp3) is 0.250. The van der Waals surface area contributed by atoms with Crippen molar-refractivity contribution in [3.63, 3.8) is 0 Å². The molecule has 5 heteroatoms. The SMILES string of the molecule is Cc1nn(C)cc1NCc1ccc(Cl)c(Br)c1. The van der Waals surface area contributed by atoms with Gasteiger partial charge >= 0.3 is 0 Å². The lowest BCUT2D eigenvalue weighted by molar-refractivity contribution is 0.756. The number of halogens is 2. The van der Waals surface area contributed by atoms with Gasteiger partial charge in [-0.05, 0) is 40.5 Å². The molecule has 0 saturated heterocycles. The smallest absolute Gasteiger partial charge is 0.0825 e. The van der Waals surface area contributed by atoms with E-state index in [-0.39, 0.29) is 0 Å². The van der Waals surface area contributed by atoms with Crippen molar-refractivity contribution in [2.24, 2.45) is 7.05 Å². The Balaban J connectivity index is 2.07. The Morgan fingerprint density at radius 2 is 2.24 bits per heavy atom. The summed E-state index contributed by atoms with van der Waals surface area (Å²) in [6.07, 6.45) is 1.97. The van der Waals surface area contributed by atoms with Crippen molar-refractivity contribution in [1.82, 2.24) is 9.78 Å². The van der Waals surface area contributed by atoms with E-state index in [0.29, 0.717) is 0 Å². The summed E-state index contributed by atoms with van der Waals surface area (Å²) in [7, 11) is 1.91. The fourth-order valence-corrected chi connectivity index (χ4v) is 2.16. The first-order valence-electron chi connectivity index (χ1n) is 5.24. The van der Waals surface area contributed by atoms with E-state index < -0.39 is 0 Å². The molecule has 3 nitrogen and oxygen atoms in total. The molecule has 1 aromatic carbocycles. The van der Waals surface area contributed by atoms with E-state index in [0.717, 1.165) is 27.4 Å². The summed E-state index contributed by atoms with van der Waals surface area (Å²) in [5, 5.41) is 8.36. The first-order valence-corrected chi connectivity index (χ1v) is 6.41. The monoisotopic (exact) mass is 313 g/mol. The molecule has 2 rings (SSSR count). The van der Waals surface area contributed by atoms with Crippen LogP contribution >= 0.6 is 27.5 Å². The maximum Gasteiger partial charge on any atom is 0.0825 e. The van der Waals surface area contributed by atoms with Gasteiger partial charge in [0.1, 0.15) is 0 Å². The normalized spacial score (nSPS) is 10.6. The van der Waals surface area contributed by atoms with Gasteiger partial charge in [-0.15, -0.1) is 0 Å². The lowest BCUT2D eigenvalue weighted by atomic mass is 10.2. The standard InChI is InChI=1S/C12H13BrClN3/c1-8-12(7-17(2)16-8)15-6-9-3-4-11(14)10(13)5-9/h3-5,7,15H,6H2,1-2H3. The van der Waals surface area contributed by atoms with E-state index in [2.05, 4.69) is 26.3 Å². The Morgan fingerprint density at radius 3 is 2.82 bits per heavy atom. The maximum atomic E-state index is 5.95. The highest BCUT2D eigenvalue weighted by Gasteiger charge is 2.03. The first-order chi connectivity index (χ1) is 8.06. The summed E-state index contributed by atoms with van der Waals surface area (Å²) in [5.74, 6) is 0. The van der Waals surface area contributed by atoms with E-state index >= 15 is 0 Å². The molecule has 2 aromatic rings. The van der Waals surface area contributed by atoms with Gasteiger partial charge in [0, 0.05) is 24.3 Å². The third-order valence-electron chi connectivity index (χ3n) is 2.48. The van der Waals surface area contributed by atoms with Gasteiger partial charge in [-0.25, -0.2) is 0 Å². The largest absolute Gasteiger partial charge is 0.378 e. The van der Waals surface area contributed by atoms with Crippen LogP contribution in [0.5, 0.6) is 0 Å². The summed E-state index contributed by atoms with van der Waals surface area (Å²) in [6.45, 7) is 2.74. The van der Waals surface area contributed by atoms with Crippen molar-refractivity contribution in [2.45, 2.75) is 13.5 Å². The minimum absolute atomic E-state index is 0.728. The van der Waals surface area contributed by atoms with Crippen LogP contribution in [0.3, 0.4) is 0 Å². The second-order valence-corrected chi connectivity index (χ2v) is 5.17. The number of rotatable bonds is 3. The minimum Gasteiger partial charge on any atom is -0.378 e. The van der Waals surface area contributed by atoms with Gasteiger partial charge < -0.3 is 5.32 Å². The highest BCUT2D eigenvalue weighted by molar-refractivity contribution is 9.10. The third kappa shape index (κ3) is 3.01. The van der Waals surface area contributed by atoms with Gasteiger partial charge in [0.05, 0.1) is 16.4 Å². The van der Waals surface area contributed by atoms with E-state index in [1.165, 1.54) is 5.56 Å². The minimum atomic E-state index is 0.728. The summed E-state index contributed by atoms with van der Waals surface area (Å²) in [5.41, 5.74) is 3.23. The molecule has 0 aliphatic rings. The van der Waals surface area contributed by atoms with Crippen LogP contribution in [-0.2, 0) is 13.6 Å². The lowest BCUT2D eigenvalue weighted by Crippen LogP contribution is -1.99. The van der Waals surface area contributed by atoms with E-state index in [1.54, 1.807) is 4.68 Å². The van der Waals surface area contributed by atoms with Crippen LogP contribution in [0.1, 0.15) is 11.3 Å². The van der Waals surface area contributed by atoms with Gasteiger partial charge in [-0.2, -0.15) is 5.10 Å². The van der Waals surface area contributed by atoms with Crippen molar-refractivity contribution >= 4 is 33.2 Å². The van der Waals surface area contributed by atoms with Crippen LogP contribution < -0.4 is 5.32 Å². The molecule has 0 atom stereocenters. The number of aryl methyl sites for hydroxylation is 2. The van der Waals surface area contributed by atoms with Crippen molar-refractivity contribution in [1.29, 1.82) is 0 Å². The van der Waals surface area contributed by atoms with Crippen LogP contribution in [0.2, 0.25) is 5.02 Å². The van der Waals surface area contributed by atoms with Gasteiger partial charge in [0.15, 0.2) is 0 Å². The van der Waals surface area contributed by atoms with Crippen LogP contribution in [0.15, 0.2) is 28.9 Å². The lowest BCUT2D eigenvalue weighted by Gasteiger charge is -2.06. The number of benzene rings is 1. The Labute approximate surface area is 114 Å². The van der Waals surface area contributed by atoms with Crippen molar-refractivity contribution in [3.05, 3.63) is 45.1 Å². The molecular weight excluding hydrogens is 302 g/mol. The fourth-order valence-electron chi connectivity index (χ4n) is 1.62. The predicted molar refractivity (Wildman–Crippen MR) is 74.4 cm³/mol. The molecule has 17 heavy (non-hydrogen) atoms. The molecule has 0 amide bonds. The van der Waals surface area contributed by atoms with Crippen LogP contribution in [0, 0.1) is 6.92 Å². The molecule has 0 radical (unpaired) electrons. The van der Waals surface area contributed by atoms with Gasteiger partial charge in [-0.1, -0.05) is 17.7 Å². The first kappa shape index (κ1) is 12.5. The van der Waals surface area contributed by atoms with Crippen molar-refractivity contribution in [2.75, 3.05) is 5.32 Å². The zero-order valence-electron chi connectivity index (χ0n) is 9.67. The van der Waals surface area contributed by atoms with Crippen LogP contribution in [-0.4, -0.2) is 9.78 Å². The third-order valence-corrected chi connectivity index (χ3v) is 3.69. The molecule has 0 unspecified atom stereocenters. The number of aromatic nitrogens is 2. The van der Waals surface area contributed by atoms with Crippen molar-refractivity contribution in [3.8, 4) is 0 Å².